The first kappa shape index (κ1) is 18.9. The Balaban J connectivity index is 1.84. The van der Waals surface area contributed by atoms with Crippen molar-refractivity contribution in [3.8, 4) is 5.75 Å². The molecule has 0 bridgehead atoms. The molecule has 3 aromatic rings. The Bertz CT molecular complexity index is 1180. The van der Waals surface area contributed by atoms with Gasteiger partial charge in [0.15, 0.2) is 5.82 Å². The van der Waals surface area contributed by atoms with Crippen LogP contribution in [-0.4, -0.2) is 30.8 Å². The monoisotopic (exact) mass is 409 g/mol. The van der Waals surface area contributed by atoms with E-state index in [0.29, 0.717) is 17.0 Å². The van der Waals surface area contributed by atoms with Crippen molar-refractivity contribution in [2.45, 2.75) is 18.4 Å². The number of fused-ring (bicyclic) bond motifs is 1. The molecule has 29 heavy (non-hydrogen) atoms. The number of amides is 2. The highest BCUT2D eigenvalue weighted by atomic mass is 32.2. The second-order valence-corrected chi connectivity index (χ2v) is 8.47. The summed E-state index contributed by atoms with van der Waals surface area (Å²) in [6, 6.07) is 16.6. The number of pyridine rings is 1. The summed E-state index contributed by atoms with van der Waals surface area (Å²) in [4.78, 5) is 18.9. The summed E-state index contributed by atoms with van der Waals surface area (Å²) in [5.74, 6) is 0.685. The average Bonchev–Trinajstić information content (AvgIpc) is 2.73. The van der Waals surface area contributed by atoms with Gasteiger partial charge in [-0.05, 0) is 48.9 Å². The highest BCUT2D eigenvalue weighted by Crippen LogP contribution is 2.38. The van der Waals surface area contributed by atoms with Gasteiger partial charge in [0, 0.05) is 6.20 Å². The third-order valence-electron chi connectivity index (χ3n) is 4.69. The second kappa shape index (κ2) is 7.21. The molecule has 148 valence electrons. The largest absolute Gasteiger partial charge is 0.497 e. The summed E-state index contributed by atoms with van der Waals surface area (Å²) in [5, 5.41) is 0. The van der Waals surface area contributed by atoms with E-state index in [-0.39, 0.29) is 17.3 Å². The number of carbonyl (C=O) groups excluding carboxylic acids is 1. The van der Waals surface area contributed by atoms with Gasteiger partial charge in [-0.2, -0.15) is 0 Å². The van der Waals surface area contributed by atoms with E-state index in [9.17, 15) is 13.2 Å². The van der Waals surface area contributed by atoms with E-state index in [1.165, 1.54) is 24.3 Å². The predicted octanol–water partition coefficient (Wildman–Crippen LogP) is 3.86. The van der Waals surface area contributed by atoms with Crippen LogP contribution in [0.1, 0.15) is 11.1 Å². The zero-order chi connectivity index (χ0) is 20.6. The van der Waals surface area contributed by atoms with Crippen molar-refractivity contribution < 1.29 is 17.9 Å². The first-order valence-corrected chi connectivity index (χ1v) is 10.4. The molecular formula is C21H19N3O4S. The molecule has 0 spiro atoms. The van der Waals surface area contributed by atoms with Gasteiger partial charge in [0.1, 0.15) is 10.6 Å². The number of hydrogen-bond donors (Lipinski definition) is 0. The molecule has 7 nitrogen and oxygen atoms in total. The zero-order valence-electron chi connectivity index (χ0n) is 15.9. The van der Waals surface area contributed by atoms with Crippen molar-refractivity contribution in [3.63, 3.8) is 0 Å². The van der Waals surface area contributed by atoms with E-state index in [0.717, 1.165) is 9.87 Å². The maximum Gasteiger partial charge on any atom is 0.344 e. The fourth-order valence-electron chi connectivity index (χ4n) is 3.19. The molecule has 0 atom stereocenters. The van der Waals surface area contributed by atoms with Crippen LogP contribution in [0.3, 0.4) is 0 Å². The summed E-state index contributed by atoms with van der Waals surface area (Å²) >= 11 is 0. The van der Waals surface area contributed by atoms with Gasteiger partial charge >= 0.3 is 6.03 Å². The fourth-order valence-corrected chi connectivity index (χ4v) is 4.66. The Morgan fingerprint density at radius 3 is 2.52 bits per heavy atom. The lowest BCUT2D eigenvalue weighted by Crippen LogP contribution is -2.48. The minimum atomic E-state index is -4.06. The molecule has 1 aromatic heterocycles. The van der Waals surface area contributed by atoms with Crippen LogP contribution in [0.5, 0.6) is 5.75 Å². The molecule has 0 fully saturated rings. The number of aryl methyl sites for hydroxylation is 1. The summed E-state index contributed by atoms with van der Waals surface area (Å²) in [7, 11) is -2.53. The summed E-state index contributed by atoms with van der Waals surface area (Å²) < 4.78 is 32.5. The van der Waals surface area contributed by atoms with E-state index < -0.39 is 16.1 Å². The van der Waals surface area contributed by atoms with Gasteiger partial charge in [0.25, 0.3) is 10.0 Å². The number of rotatable bonds is 4. The normalized spacial score (nSPS) is 15.2. The minimum absolute atomic E-state index is 0.0110. The van der Waals surface area contributed by atoms with Crippen molar-refractivity contribution in [2.24, 2.45) is 0 Å². The molecule has 0 unspecified atom stereocenters. The Kier molecular flexibility index (Phi) is 4.71. The number of aromatic nitrogens is 1. The molecule has 0 aliphatic carbocycles. The van der Waals surface area contributed by atoms with E-state index in [1.54, 1.807) is 42.5 Å². The predicted molar refractivity (Wildman–Crippen MR) is 109 cm³/mol. The van der Waals surface area contributed by atoms with Crippen molar-refractivity contribution in [1.82, 2.24) is 9.29 Å². The van der Waals surface area contributed by atoms with E-state index in [1.807, 2.05) is 19.1 Å². The molecular weight excluding hydrogens is 390 g/mol. The van der Waals surface area contributed by atoms with Gasteiger partial charge < -0.3 is 4.74 Å². The van der Waals surface area contributed by atoms with Gasteiger partial charge in [0.2, 0.25) is 0 Å². The smallest absolute Gasteiger partial charge is 0.344 e. The molecule has 2 aromatic carbocycles. The van der Waals surface area contributed by atoms with Crippen LogP contribution in [-0.2, 0) is 16.6 Å². The maximum atomic E-state index is 13.3. The summed E-state index contributed by atoms with van der Waals surface area (Å²) in [5.41, 5.74) is 2.21. The Morgan fingerprint density at radius 2 is 1.79 bits per heavy atom. The molecule has 0 N–H and O–H groups in total. The van der Waals surface area contributed by atoms with Crippen LogP contribution in [0.25, 0.3) is 0 Å². The van der Waals surface area contributed by atoms with E-state index in [2.05, 4.69) is 4.98 Å². The van der Waals surface area contributed by atoms with Crippen LogP contribution >= 0.6 is 0 Å². The van der Waals surface area contributed by atoms with Crippen LogP contribution in [0.2, 0.25) is 0 Å². The molecule has 2 amide bonds. The molecule has 1 aliphatic heterocycles. The molecule has 0 radical (unpaired) electrons. The molecule has 8 heteroatoms. The van der Waals surface area contributed by atoms with E-state index in [4.69, 9.17) is 4.74 Å². The number of anilines is 2. The fraction of sp³-hybridized carbons (Fsp3) is 0.143. The minimum Gasteiger partial charge on any atom is -0.497 e. The number of methoxy groups -OCH3 is 1. The third-order valence-corrected chi connectivity index (χ3v) is 6.43. The van der Waals surface area contributed by atoms with Crippen LogP contribution in [0.4, 0.5) is 16.3 Å². The van der Waals surface area contributed by atoms with Gasteiger partial charge in [-0.25, -0.2) is 27.4 Å². The topological polar surface area (TPSA) is 79.8 Å². The van der Waals surface area contributed by atoms with Crippen LogP contribution in [0, 0.1) is 6.92 Å². The van der Waals surface area contributed by atoms with Crippen LogP contribution in [0.15, 0.2) is 71.8 Å². The van der Waals surface area contributed by atoms with Crippen molar-refractivity contribution in [1.29, 1.82) is 0 Å². The number of hydrogen-bond acceptors (Lipinski definition) is 5. The SMILES string of the molecule is COc1cccc(CN2C(=O)N(c3ccc(C)cc3)c3ncccc3S2(=O)=O)c1. The number of sulfonamides is 1. The standard InChI is InChI=1S/C21H19N3O4S/c1-15-8-10-17(11-9-15)24-20-19(7-4-12-22-20)29(26,27)23(21(24)25)14-16-5-3-6-18(13-16)28-2/h3-13H,14H2,1-2H3. The Hall–Kier alpha value is -3.39. The highest BCUT2D eigenvalue weighted by Gasteiger charge is 2.43. The van der Waals surface area contributed by atoms with Crippen molar-refractivity contribution >= 4 is 27.6 Å². The molecule has 1 aliphatic rings. The van der Waals surface area contributed by atoms with Crippen molar-refractivity contribution in [2.75, 3.05) is 12.0 Å². The average molecular weight is 409 g/mol. The van der Waals surface area contributed by atoms with Crippen molar-refractivity contribution in [3.05, 3.63) is 78.0 Å². The molecule has 0 saturated carbocycles. The number of carbonyl (C=O) groups is 1. The number of benzene rings is 2. The first-order valence-electron chi connectivity index (χ1n) is 8.93. The summed E-state index contributed by atoms with van der Waals surface area (Å²) in [6.07, 6.45) is 1.47. The zero-order valence-corrected chi connectivity index (χ0v) is 16.8. The number of ether oxygens (including phenoxy) is 1. The molecule has 0 saturated heterocycles. The first-order chi connectivity index (χ1) is 13.9. The lowest BCUT2D eigenvalue weighted by Gasteiger charge is -2.35. The van der Waals surface area contributed by atoms with Crippen LogP contribution < -0.4 is 9.64 Å². The maximum absolute atomic E-state index is 13.3. The second-order valence-electron chi connectivity index (χ2n) is 6.64. The lowest BCUT2D eigenvalue weighted by molar-refractivity contribution is 0.229. The van der Waals surface area contributed by atoms with Gasteiger partial charge in [-0.15, -0.1) is 0 Å². The van der Waals surface area contributed by atoms with Gasteiger partial charge in [0.05, 0.1) is 19.3 Å². The lowest BCUT2D eigenvalue weighted by atomic mass is 10.2. The van der Waals surface area contributed by atoms with Gasteiger partial charge in [-0.1, -0.05) is 29.8 Å². The Labute approximate surface area is 169 Å². The third kappa shape index (κ3) is 3.31. The Morgan fingerprint density at radius 1 is 1.03 bits per heavy atom. The number of nitrogens with zero attached hydrogens (tertiary/aromatic N) is 3. The molecule has 2 heterocycles. The molecule has 4 rings (SSSR count). The van der Waals surface area contributed by atoms with E-state index >= 15 is 0 Å². The number of urea groups is 1. The van der Waals surface area contributed by atoms with Gasteiger partial charge in [-0.3, -0.25) is 0 Å². The highest BCUT2D eigenvalue weighted by molar-refractivity contribution is 7.90. The quantitative estimate of drug-likeness (QED) is 0.654. The summed E-state index contributed by atoms with van der Waals surface area (Å²) in [6.45, 7) is 1.82.